The molecule has 5 nitrogen and oxygen atoms in total. The maximum atomic E-state index is 10.1. The topological polar surface area (TPSA) is 73.8 Å². The van der Waals surface area contributed by atoms with E-state index in [2.05, 4.69) is 10.1 Å². The van der Waals surface area contributed by atoms with Crippen molar-refractivity contribution < 1.29 is 4.79 Å². The van der Waals surface area contributed by atoms with Gasteiger partial charge in [0.1, 0.15) is 12.7 Å². The summed E-state index contributed by atoms with van der Waals surface area (Å²) in [6, 6.07) is -0.623. The summed E-state index contributed by atoms with van der Waals surface area (Å²) in [5, 5.41) is 3.45. The molecule has 0 radical (unpaired) electrons. The van der Waals surface area contributed by atoms with Gasteiger partial charge in [0.2, 0.25) is 0 Å². The first kappa shape index (κ1) is 8.61. The monoisotopic (exact) mass is 136 g/mol. The van der Waals surface area contributed by atoms with E-state index >= 15 is 0 Å². The van der Waals surface area contributed by atoms with Crippen molar-refractivity contribution in [2.24, 2.45) is 5.73 Å². The van der Waals surface area contributed by atoms with E-state index in [9.17, 15) is 4.79 Å². The van der Waals surface area contributed by atoms with Gasteiger partial charge in [0.05, 0.1) is 0 Å². The Hall–Kier alpha value is -0.390. The Morgan fingerprint density at radius 3 is 2.56 bits per heavy atom. The van der Waals surface area contributed by atoms with Crippen molar-refractivity contribution in [2.45, 2.75) is 0 Å². The second-order valence-corrected chi connectivity index (χ2v) is 1.18. The summed E-state index contributed by atoms with van der Waals surface area (Å²) in [6.45, 7) is 0. The molecule has 6 heteroatoms. The molecule has 1 rings (SSSR count). The van der Waals surface area contributed by atoms with Crippen molar-refractivity contribution in [1.29, 1.82) is 0 Å². The van der Waals surface area contributed by atoms with E-state index < -0.39 is 6.03 Å². The predicted molar refractivity (Wildman–Crippen MR) is 32.2 cm³/mol. The van der Waals surface area contributed by atoms with E-state index in [1.54, 1.807) is 0 Å². The van der Waals surface area contributed by atoms with E-state index in [1.165, 1.54) is 12.7 Å². The van der Waals surface area contributed by atoms with E-state index in [0.29, 0.717) is 0 Å². The number of hydrogen-bond acceptors (Lipinski definition) is 3. The molecular weight excluding hydrogens is 131 g/mol. The second kappa shape index (κ2) is 3.60. The van der Waals surface area contributed by atoms with Gasteiger partial charge >= 0.3 is 35.6 Å². The molecule has 0 aliphatic carbocycles. The molecular formula is C3H5N4NaO. The molecule has 0 atom stereocenters. The van der Waals surface area contributed by atoms with Crippen molar-refractivity contribution >= 4 is 35.6 Å². The average molecular weight is 136 g/mol. The van der Waals surface area contributed by atoms with Gasteiger partial charge in [0, 0.05) is 0 Å². The summed E-state index contributed by atoms with van der Waals surface area (Å²) in [4.78, 5) is 13.6. The number of carbonyl (C=O) groups is 1. The Labute approximate surface area is 73.5 Å². The van der Waals surface area contributed by atoms with Gasteiger partial charge < -0.3 is 5.73 Å². The molecule has 1 heterocycles. The van der Waals surface area contributed by atoms with Crippen LogP contribution >= 0.6 is 0 Å². The second-order valence-electron chi connectivity index (χ2n) is 1.18. The molecule has 0 aromatic carbocycles. The van der Waals surface area contributed by atoms with Crippen LogP contribution in [0.25, 0.3) is 0 Å². The molecule has 0 aliphatic rings. The van der Waals surface area contributed by atoms with Crippen LogP contribution in [0.2, 0.25) is 0 Å². The minimum absolute atomic E-state index is 0. The Kier molecular flexibility index (Phi) is 3.44. The number of nitrogens with zero attached hydrogens (tertiary/aromatic N) is 3. The van der Waals surface area contributed by atoms with Crippen LogP contribution in [0.3, 0.4) is 0 Å². The SMILES string of the molecule is NC(=O)n1cncn1.[NaH]. The van der Waals surface area contributed by atoms with Crippen molar-refractivity contribution in [1.82, 2.24) is 14.8 Å². The zero-order valence-corrected chi connectivity index (χ0v) is 3.98. The van der Waals surface area contributed by atoms with Gasteiger partial charge in [0.15, 0.2) is 0 Å². The first-order chi connectivity index (χ1) is 3.80. The molecule has 1 aromatic heterocycles. The Morgan fingerprint density at radius 2 is 2.33 bits per heavy atom. The summed E-state index contributed by atoms with van der Waals surface area (Å²) in [5.41, 5.74) is 4.78. The predicted octanol–water partition coefficient (Wildman–Crippen LogP) is -1.44. The molecule has 2 N–H and O–H groups in total. The fourth-order valence-electron chi connectivity index (χ4n) is 0.322. The molecule has 0 saturated carbocycles. The van der Waals surface area contributed by atoms with Gasteiger partial charge in [0.25, 0.3) is 0 Å². The first-order valence-electron chi connectivity index (χ1n) is 1.95. The molecule has 0 bridgehead atoms. The molecule has 1 aromatic rings. The molecule has 9 heavy (non-hydrogen) atoms. The number of aromatic nitrogens is 3. The van der Waals surface area contributed by atoms with Gasteiger partial charge in [-0.2, -0.15) is 9.78 Å². The average Bonchev–Trinajstić information content (AvgIpc) is 2.12. The van der Waals surface area contributed by atoms with Crippen molar-refractivity contribution in [3.8, 4) is 0 Å². The number of hydrogen-bond donors (Lipinski definition) is 1. The molecule has 0 spiro atoms. The fraction of sp³-hybridized carbons (Fsp3) is 0. The summed E-state index contributed by atoms with van der Waals surface area (Å²) < 4.78 is 0.944. The Bertz CT molecular complexity index is 184. The van der Waals surface area contributed by atoms with Gasteiger partial charge in [-0.3, -0.25) is 0 Å². The molecule has 44 valence electrons. The number of nitrogens with two attached hydrogens (primary N) is 1. The Balaban J connectivity index is 0.000000640. The number of carbonyl (C=O) groups excluding carboxylic acids is 1. The van der Waals surface area contributed by atoms with Crippen LogP contribution in [0.15, 0.2) is 12.7 Å². The van der Waals surface area contributed by atoms with E-state index in [4.69, 9.17) is 5.73 Å². The van der Waals surface area contributed by atoms with Gasteiger partial charge in [-0.1, -0.05) is 0 Å². The molecule has 0 aliphatic heterocycles. The van der Waals surface area contributed by atoms with Gasteiger partial charge in [-0.05, 0) is 0 Å². The van der Waals surface area contributed by atoms with Crippen LogP contribution < -0.4 is 5.73 Å². The Morgan fingerprint density at radius 1 is 1.67 bits per heavy atom. The summed E-state index contributed by atoms with van der Waals surface area (Å²) in [6.07, 6.45) is 2.48. The summed E-state index contributed by atoms with van der Waals surface area (Å²) >= 11 is 0. The minimum atomic E-state index is -0.623. The summed E-state index contributed by atoms with van der Waals surface area (Å²) in [5.74, 6) is 0. The van der Waals surface area contributed by atoms with Crippen molar-refractivity contribution in [3.05, 3.63) is 12.7 Å². The van der Waals surface area contributed by atoms with Crippen LogP contribution in [0.5, 0.6) is 0 Å². The summed E-state index contributed by atoms with van der Waals surface area (Å²) in [7, 11) is 0. The van der Waals surface area contributed by atoms with E-state index in [0.717, 1.165) is 4.68 Å². The third-order valence-electron chi connectivity index (χ3n) is 0.645. The third-order valence-corrected chi connectivity index (χ3v) is 0.645. The molecule has 0 fully saturated rings. The van der Waals surface area contributed by atoms with Gasteiger partial charge in [-0.15, -0.1) is 0 Å². The van der Waals surface area contributed by atoms with Crippen molar-refractivity contribution in [3.63, 3.8) is 0 Å². The zero-order chi connectivity index (χ0) is 5.98. The van der Waals surface area contributed by atoms with E-state index in [1.807, 2.05) is 0 Å². The van der Waals surface area contributed by atoms with Crippen molar-refractivity contribution in [2.75, 3.05) is 0 Å². The molecule has 0 unspecified atom stereocenters. The first-order valence-corrected chi connectivity index (χ1v) is 1.95. The number of primary amides is 1. The number of amides is 1. The third kappa shape index (κ3) is 2.13. The van der Waals surface area contributed by atoms with Crippen LogP contribution in [-0.2, 0) is 0 Å². The van der Waals surface area contributed by atoms with E-state index in [-0.39, 0.29) is 29.6 Å². The van der Waals surface area contributed by atoms with Crippen LogP contribution in [0, 0.1) is 0 Å². The van der Waals surface area contributed by atoms with Crippen LogP contribution in [0.1, 0.15) is 0 Å². The zero-order valence-electron chi connectivity index (χ0n) is 3.98. The van der Waals surface area contributed by atoms with Crippen LogP contribution in [-0.4, -0.2) is 50.4 Å². The quantitative estimate of drug-likeness (QED) is 0.444. The molecule has 1 amide bonds. The maximum absolute atomic E-state index is 10.1. The normalized spacial score (nSPS) is 8.00. The van der Waals surface area contributed by atoms with Gasteiger partial charge in [-0.25, -0.2) is 9.78 Å². The van der Waals surface area contributed by atoms with Crippen LogP contribution in [0.4, 0.5) is 4.79 Å². The standard InChI is InChI=1S/C3H4N4O.Na.H/c4-3(8)7-2-5-1-6-7;;/h1-2H,(H2,4,8);;. The number of rotatable bonds is 0. The molecule has 0 saturated heterocycles. The fourth-order valence-corrected chi connectivity index (χ4v) is 0.322.